The largest absolute Gasteiger partial charge is 0.396 e. The Kier molecular flexibility index (Phi) is 5.56. The molecule has 5 heteroatoms. The van der Waals surface area contributed by atoms with Crippen molar-refractivity contribution >= 4 is 5.69 Å². The Morgan fingerprint density at radius 1 is 1.33 bits per heavy atom. The first kappa shape index (κ1) is 16.2. The van der Waals surface area contributed by atoms with E-state index in [-0.39, 0.29) is 18.0 Å². The van der Waals surface area contributed by atoms with Crippen molar-refractivity contribution in [2.75, 3.05) is 37.8 Å². The van der Waals surface area contributed by atoms with Crippen LogP contribution in [-0.2, 0) is 11.3 Å². The fraction of sp³-hybridized carbons (Fsp3) is 0.625. The van der Waals surface area contributed by atoms with Crippen molar-refractivity contribution in [3.05, 3.63) is 29.6 Å². The predicted octanol–water partition coefficient (Wildman–Crippen LogP) is 1.91. The van der Waals surface area contributed by atoms with E-state index in [9.17, 15) is 4.39 Å². The molecule has 0 bridgehead atoms. The number of rotatable bonds is 6. The number of hydrogen-bond donors (Lipinski definition) is 2. The zero-order valence-corrected chi connectivity index (χ0v) is 12.9. The second-order valence-electron chi connectivity index (χ2n) is 6.10. The molecule has 1 aromatic rings. The maximum atomic E-state index is 14.3. The number of halogens is 1. The first-order valence-corrected chi connectivity index (χ1v) is 7.49. The van der Waals surface area contributed by atoms with Crippen molar-refractivity contribution in [2.24, 2.45) is 0 Å². The van der Waals surface area contributed by atoms with Crippen LogP contribution in [0.4, 0.5) is 10.1 Å². The lowest BCUT2D eigenvalue weighted by molar-refractivity contribution is 0.122. The van der Waals surface area contributed by atoms with Gasteiger partial charge in [0.2, 0.25) is 0 Å². The van der Waals surface area contributed by atoms with Crippen LogP contribution in [0.3, 0.4) is 0 Å². The fourth-order valence-electron chi connectivity index (χ4n) is 2.43. The molecule has 2 N–H and O–H groups in total. The summed E-state index contributed by atoms with van der Waals surface area (Å²) >= 11 is 0. The van der Waals surface area contributed by atoms with Gasteiger partial charge < -0.3 is 20.1 Å². The average Bonchev–Trinajstić information content (AvgIpc) is 2.46. The molecule has 1 fully saturated rings. The van der Waals surface area contributed by atoms with Gasteiger partial charge in [-0.2, -0.15) is 0 Å². The van der Waals surface area contributed by atoms with Gasteiger partial charge in [-0.05, 0) is 38.0 Å². The minimum absolute atomic E-state index is 0.143. The number of morpholine rings is 1. The summed E-state index contributed by atoms with van der Waals surface area (Å²) in [6, 6.07) is 5.39. The molecule has 118 valence electrons. The van der Waals surface area contributed by atoms with Crippen molar-refractivity contribution in [1.82, 2.24) is 5.32 Å². The molecule has 1 aliphatic rings. The monoisotopic (exact) mass is 296 g/mol. The third-order valence-electron chi connectivity index (χ3n) is 3.87. The molecular formula is C16H25FN2O2. The highest BCUT2D eigenvalue weighted by atomic mass is 19.1. The van der Waals surface area contributed by atoms with E-state index in [1.807, 2.05) is 30.9 Å². The molecule has 0 aromatic heterocycles. The number of nitrogens with one attached hydrogen (secondary N) is 1. The van der Waals surface area contributed by atoms with Crippen LogP contribution in [0.2, 0.25) is 0 Å². The Bertz CT molecular complexity index is 460. The first-order valence-electron chi connectivity index (χ1n) is 7.49. The highest BCUT2D eigenvalue weighted by molar-refractivity contribution is 5.49. The smallest absolute Gasteiger partial charge is 0.146 e. The summed E-state index contributed by atoms with van der Waals surface area (Å²) in [7, 11) is 0. The number of nitrogens with zero attached hydrogens (tertiary/aromatic N) is 1. The van der Waals surface area contributed by atoms with E-state index in [2.05, 4.69) is 5.32 Å². The van der Waals surface area contributed by atoms with Gasteiger partial charge in [0, 0.05) is 31.8 Å². The second kappa shape index (κ2) is 7.20. The van der Waals surface area contributed by atoms with Gasteiger partial charge >= 0.3 is 0 Å². The summed E-state index contributed by atoms with van der Waals surface area (Å²) in [6.07, 6.45) is 0.668. The molecule has 1 aliphatic heterocycles. The normalized spacial score (nSPS) is 16.3. The van der Waals surface area contributed by atoms with Gasteiger partial charge in [-0.3, -0.25) is 0 Å². The van der Waals surface area contributed by atoms with Gasteiger partial charge in [-0.15, -0.1) is 0 Å². The SMILES string of the molecule is CC(C)(CCO)NCc1ccc(N2CCOCC2)c(F)c1. The van der Waals surface area contributed by atoms with Crippen molar-refractivity contribution in [1.29, 1.82) is 0 Å². The Balaban J connectivity index is 1.98. The predicted molar refractivity (Wildman–Crippen MR) is 82.1 cm³/mol. The Morgan fingerprint density at radius 3 is 2.67 bits per heavy atom. The average molecular weight is 296 g/mol. The molecule has 1 heterocycles. The van der Waals surface area contributed by atoms with Crippen LogP contribution in [0.15, 0.2) is 18.2 Å². The molecule has 0 amide bonds. The van der Waals surface area contributed by atoms with Crippen LogP contribution < -0.4 is 10.2 Å². The van der Waals surface area contributed by atoms with Crippen LogP contribution >= 0.6 is 0 Å². The van der Waals surface area contributed by atoms with Crippen molar-refractivity contribution in [2.45, 2.75) is 32.4 Å². The van der Waals surface area contributed by atoms with Crippen molar-refractivity contribution in [3.8, 4) is 0 Å². The molecule has 0 unspecified atom stereocenters. The summed E-state index contributed by atoms with van der Waals surface area (Å²) in [5.41, 5.74) is 1.40. The third kappa shape index (κ3) is 4.66. The van der Waals surface area contributed by atoms with E-state index in [1.165, 1.54) is 0 Å². The molecule has 0 saturated carbocycles. The van der Waals surface area contributed by atoms with E-state index in [4.69, 9.17) is 9.84 Å². The topological polar surface area (TPSA) is 44.7 Å². The van der Waals surface area contributed by atoms with Crippen LogP contribution in [0.1, 0.15) is 25.8 Å². The van der Waals surface area contributed by atoms with Gasteiger partial charge in [-0.25, -0.2) is 4.39 Å². The lowest BCUT2D eigenvalue weighted by Crippen LogP contribution is -2.39. The maximum Gasteiger partial charge on any atom is 0.146 e. The Morgan fingerprint density at radius 2 is 2.05 bits per heavy atom. The van der Waals surface area contributed by atoms with Gasteiger partial charge in [0.25, 0.3) is 0 Å². The van der Waals surface area contributed by atoms with Gasteiger partial charge in [0.05, 0.1) is 18.9 Å². The van der Waals surface area contributed by atoms with Crippen LogP contribution in [-0.4, -0.2) is 43.6 Å². The molecule has 1 aromatic carbocycles. The summed E-state index contributed by atoms with van der Waals surface area (Å²) in [4.78, 5) is 2.02. The van der Waals surface area contributed by atoms with E-state index in [0.717, 1.165) is 18.7 Å². The molecular weight excluding hydrogens is 271 g/mol. The molecule has 1 saturated heterocycles. The Labute approximate surface area is 125 Å². The minimum atomic E-state index is -0.184. The van der Waals surface area contributed by atoms with Crippen molar-refractivity contribution < 1.29 is 14.2 Å². The van der Waals surface area contributed by atoms with Crippen LogP contribution in [0.5, 0.6) is 0 Å². The lowest BCUT2D eigenvalue weighted by Gasteiger charge is -2.29. The highest BCUT2D eigenvalue weighted by Crippen LogP contribution is 2.22. The van der Waals surface area contributed by atoms with E-state index >= 15 is 0 Å². The number of anilines is 1. The molecule has 0 radical (unpaired) electrons. The highest BCUT2D eigenvalue weighted by Gasteiger charge is 2.18. The molecule has 21 heavy (non-hydrogen) atoms. The second-order valence-corrected chi connectivity index (χ2v) is 6.10. The standard InChI is InChI=1S/C16H25FN2O2/c1-16(2,5-8-20)18-12-13-3-4-15(14(17)11-13)19-6-9-21-10-7-19/h3-4,11,18,20H,5-10,12H2,1-2H3. The summed E-state index contributed by atoms with van der Waals surface area (Å²) in [6.45, 7) is 7.56. The quantitative estimate of drug-likeness (QED) is 0.842. The van der Waals surface area contributed by atoms with E-state index < -0.39 is 0 Å². The summed E-state index contributed by atoms with van der Waals surface area (Å²) < 4.78 is 19.5. The molecule has 0 aliphatic carbocycles. The lowest BCUT2D eigenvalue weighted by atomic mass is 10.0. The maximum absolute atomic E-state index is 14.3. The van der Waals surface area contributed by atoms with Gasteiger partial charge in [0.15, 0.2) is 0 Å². The van der Waals surface area contributed by atoms with Crippen molar-refractivity contribution in [3.63, 3.8) is 0 Å². The van der Waals surface area contributed by atoms with Gasteiger partial charge in [-0.1, -0.05) is 6.07 Å². The first-order chi connectivity index (χ1) is 10.0. The van der Waals surface area contributed by atoms with E-state index in [1.54, 1.807) is 6.07 Å². The number of aliphatic hydroxyl groups excluding tert-OH is 1. The third-order valence-corrected chi connectivity index (χ3v) is 3.87. The Hall–Kier alpha value is -1.17. The number of ether oxygens (including phenoxy) is 1. The zero-order chi connectivity index (χ0) is 15.3. The number of benzene rings is 1. The molecule has 0 atom stereocenters. The molecule has 2 rings (SSSR count). The summed E-state index contributed by atoms with van der Waals surface area (Å²) in [5, 5.41) is 12.4. The number of aliphatic hydroxyl groups is 1. The number of hydrogen-bond acceptors (Lipinski definition) is 4. The van der Waals surface area contributed by atoms with Crippen LogP contribution in [0, 0.1) is 5.82 Å². The summed E-state index contributed by atoms with van der Waals surface area (Å²) in [5.74, 6) is -0.184. The molecule has 4 nitrogen and oxygen atoms in total. The zero-order valence-electron chi connectivity index (χ0n) is 12.9. The molecule has 0 spiro atoms. The van der Waals surface area contributed by atoms with E-state index in [0.29, 0.717) is 31.9 Å². The fourth-order valence-corrected chi connectivity index (χ4v) is 2.43. The minimum Gasteiger partial charge on any atom is -0.396 e. The van der Waals surface area contributed by atoms with Crippen LogP contribution in [0.25, 0.3) is 0 Å². The van der Waals surface area contributed by atoms with Gasteiger partial charge in [0.1, 0.15) is 5.82 Å².